The summed E-state index contributed by atoms with van der Waals surface area (Å²) in [5.41, 5.74) is 9.41. The molecule has 1 atom stereocenters. The molecule has 42 heavy (non-hydrogen) atoms. The fraction of sp³-hybridized carbons (Fsp3) is 0.0968. The fourth-order valence-corrected chi connectivity index (χ4v) is 5.07. The summed E-state index contributed by atoms with van der Waals surface area (Å²) in [5, 5.41) is 18.8. The maximum absolute atomic E-state index is 12.9. The molecule has 2 N–H and O–H groups in total. The molecule has 2 aromatic heterocycles. The summed E-state index contributed by atoms with van der Waals surface area (Å²) in [7, 11) is 1.49. The molecule has 0 amide bonds. The van der Waals surface area contributed by atoms with Gasteiger partial charge in [-0.3, -0.25) is 4.79 Å². The topological polar surface area (TPSA) is 130 Å². The molecule has 0 radical (unpaired) electrons. The highest BCUT2D eigenvalue weighted by molar-refractivity contribution is 6.31. The van der Waals surface area contributed by atoms with E-state index in [9.17, 15) is 10.1 Å². The number of fused-ring (bicyclic) bond motifs is 1. The number of nitriles is 1. The van der Waals surface area contributed by atoms with Gasteiger partial charge in [0, 0.05) is 0 Å². The first-order valence-electron chi connectivity index (χ1n) is 12.8. The fourth-order valence-electron chi connectivity index (χ4n) is 4.90. The van der Waals surface area contributed by atoms with Gasteiger partial charge in [0.2, 0.25) is 11.8 Å². The highest BCUT2D eigenvalue weighted by Crippen LogP contribution is 2.46. The Kier molecular flexibility index (Phi) is 6.86. The van der Waals surface area contributed by atoms with Crippen molar-refractivity contribution in [3.8, 4) is 40.6 Å². The van der Waals surface area contributed by atoms with Crippen molar-refractivity contribution in [1.29, 1.82) is 5.26 Å². The van der Waals surface area contributed by atoms with Gasteiger partial charge < -0.3 is 19.9 Å². The lowest BCUT2D eigenvalue weighted by molar-refractivity contribution is 0.365. The van der Waals surface area contributed by atoms with Crippen LogP contribution in [-0.4, -0.2) is 26.7 Å². The molecule has 208 valence electrons. The van der Waals surface area contributed by atoms with E-state index in [1.807, 2.05) is 43.3 Å². The summed E-state index contributed by atoms with van der Waals surface area (Å²) in [6.07, 6.45) is 1.37. The van der Waals surface area contributed by atoms with E-state index in [4.69, 9.17) is 36.6 Å². The number of para-hydroxylation sites is 2. The number of methoxy groups -OCH3 is 1. The number of aromatic nitrogens is 4. The second-order valence-electron chi connectivity index (χ2n) is 9.36. The minimum Gasteiger partial charge on any atom is -0.493 e. The van der Waals surface area contributed by atoms with E-state index in [1.54, 1.807) is 47.1 Å². The molecule has 1 aliphatic heterocycles. The number of halogens is 1. The van der Waals surface area contributed by atoms with Gasteiger partial charge in [-0.25, -0.2) is 4.68 Å². The van der Waals surface area contributed by atoms with E-state index in [0.717, 1.165) is 5.69 Å². The van der Waals surface area contributed by atoms with E-state index >= 15 is 0 Å². The average Bonchev–Trinajstić information content (AvgIpc) is 3.35. The molecule has 0 fully saturated rings. The Morgan fingerprint density at radius 3 is 2.29 bits per heavy atom. The normalized spacial score (nSPS) is 14.1. The van der Waals surface area contributed by atoms with Crippen molar-refractivity contribution in [2.75, 3.05) is 7.11 Å². The maximum atomic E-state index is 12.9. The van der Waals surface area contributed by atoms with E-state index < -0.39 is 11.5 Å². The smallest absolute Gasteiger partial charge is 0.294 e. The van der Waals surface area contributed by atoms with Crippen molar-refractivity contribution < 1.29 is 14.2 Å². The predicted octanol–water partition coefficient (Wildman–Crippen LogP) is 5.40. The zero-order valence-corrected chi connectivity index (χ0v) is 23.2. The van der Waals surface area contributed by atoms with Crippen molar-refractivity contribution in [3.05, 3.63) is 129 Å². The highest BCUT2D eigenvalue weighted by atomic mass is 35.5. The molecule has 3 heterocycles. The Hall–Kier alpha value is -5.53. The van der Waals surface area contributed by atoms with Crippen LogP contribution in [0, 0.1) is 18.3 Å². The van der Waals surface area contributed by atoms with Gasteiger partial charge in [-0.15, -0.1) is 0 Å². The van der Waals surface area contributed by atoms with Crippen LogP contribution in [0.15, 0.2) is 101 Å². The predicted molar refractivity (Wildman–Crippen MR) is 156 cm³/mol. The van der Waals surface area contributed by atoms with E-state index in [-0.39, 0.29) is 22.2 Å². The minimum atomic E-state index is -0.584. The van der Waals surface area contributed by atoms with Crippen LogP contribution in [0.2, 0.25) is 5.02 Å². The maximum Gasteiger partial charge on any atom is 0.294 e. The monoisotopic (exact) mass is 578 g/mol. The molecular weight excluding hydrogens is 556 g/mol. The molecule has 0 bridgehead atoms. The first-order chi connectivity index (χ1) is 20.4. The summed E-state index contributed by atoms with van der Waals surface area (Å²) in [6, 6.07) is 25.8. The molecule has 5 aromatic rings. The number of nitrogens with zero attached hydrogens (tertiary/aromatic N) is 5. The lowest BCUT2D eigenvalue weighted by Gasteiger charge is -2.25. The van der Waals surface area contributed by atoms with Gasteiger partial charge in [0.25, 0.3) is 5.56 Å². The van der Waals surface area contributed by atoms with Crippen LogP contribution in [0.5, 0.6) is 23.1 Å². The second kappa shape index (κ2) is 10.8. The summed E-state index contributed by atoms with van der Waals surface area (Å²) < 4.78 is 20.4. The van der Waals surface area contributed by atoms with Crippen molar-refractivity contribution in [2.24, 2.45) is 5.73 Å². The largest absolute Gasteiger partial charge is 0.493 e. The van der Waals surface area contributed by atoms with Crippen molar-refractivity contribution in [1.82, 2.24) is 19.6 Å². The highest BCUT2D eigenvalue weighted by Gasteiger charge is 2.36. The zero-order chi connectivity index (χ0) is 29.4. The van der Waals surface area contributed by atoms with Crippen LogP contribution >= 0.6 is 11.6 Å². The second-order valence-corrected chi connectivity index (χ2v) is 9.74. The molecule has 10 nitrogen and oxygen atoms in total. The number of nitrogens with two attached hydrogens (primary N) is 1. The SMILES string of the molecule is COc1cc([C@H]2C(C#N)=C(N)Oc3c2c(C)nn3-c2ccccc2)ccc1Oc1cnn(-c2ccccc2)c(=O)c1Cl. The van der Waals surface area contributed by atoms with E-state index in [1.165, 1.54) is 18.0 Å². The number of ether oxygens (including phenoxy) is 3. The van der Waals surface area contributed by atoms with E-state index in [0.29, 0.717) is 39.9 Å². The quantitative estimate of drug-likeness (QED) is 0.283. The molecular formula is C31H23ClN6O4. The van der Waals surface area contributed by atoms with Gasteiger partial charge in [0.05, 0.1) is 41.9 Å². The van der Waals surface area contributed by atoms with Crippen LogP contribution in [0.25, 0.3) is 11.4 Å². The molecule has 0 unspecified atom stereocenters. The van der Waals surface area contributed by atoms with Crippen molar-refractivity contribution in [2.45, 2.75) is 12.8 Å². The van der Waals surface area contributed by atoms with Crippen LogP contribution in [0.4, 0.5) is 0 Å². The van der Waals surface area contributed by atoms with E-state index in [2.05, 4.69) is 11.2 Å². The van der Waals surface area contributed by atoms with Crippen LogP contribution in [0.3, 0.4) is 0 Å². The first kappa shape index (κ1) is 26.7. The minimum absolute atomic E-state index is 0.0109. The molecule has 6 rings (SSSR count). The standard InChI is InChI=1S/C31H23ClN6O4/c1-18-26-27(22(16-33)29(34)42-31(26)38(36-18)21-11-7-4-8-12-21)19-13-14-23(24(15-19)40-2)41-25-17-35-37(30(39)28(25)32)20-9-5-3-6-10-20/h3-15,17,27H,34H2,1-2H3/t27-/m0/s1. The Labute approximate surface area is 245 Å². The number of hydrogen-bond donors (Lipinski definition) is 1. The van der Waals surface area contributed by atoms with Gasteiger partial charge in [-0.2, -0.15) is 20.1 Å². The average molecular weight is 579 g/mol. The first-order valence-corrected chi connectivity index (χ1v) is 13.2. The van der Waals surface area contributed by atoms with Gasteiger partial charge in [0.1, 0.15) is 11.6 Å². The zero-order valence-electron chi connectivity index (χ0n) is 22.5. The Morgan fingerprint density at radius 2 is 1.64 bits per heavy atom. The Morgan fingerprint density at radius 1 is 0.976 bits per heavy atom. The van der Waals surface area contributed by atoms with Gasteiger partial charge in [-0.1, -0.05) is 54.1 Å². The number of aryl methyl sites for hydroxylation is 1. The summed E-state index contributed by atoms with van der Waals surface area (Å²) in [4.78, 5) is 12.9. The molecule has 11 heteroatoms. The van der Waals surface area contributed by atoms with Crippen molar-refractivity contribution in [3.63, 3.8) is 0 Å². The van der Waals surface area contributed by atoms with Crippen molar-refractivity contribution >= 4 is 11.6 Å². The molecule has 0 aliphatic carbocycles. The van der Waals surface area contributed by atoms with Crippen LogP contribution < -0.4 is 25.5 Å². The Balaban J connectivity index is 1.40. The van der Waals surface area contributed by atoms with Gasteiger partial charge in [0.15, 0.2) is 22.3 Å². The molecule has 0 saturated carbocycles. The lowest BCUT2D eigenvalue weighted by atomic mass is 9.84. The molecule has 0 saturated heterocycles. The third-order valence-corrected chi connectivity index (χ3v) is 7.21. The van der Waals surface area contributed by atoms with Crippen LogP contribution in [-0.2, 0) is 0 Å². The summed E-state index contributed by atoms with van der Waals surface area (Å²) >= 11 is 6.41. The number of allylic oxidation sites excluding steroid dienone is 1. The van der Waals surface area contributed by atoms with Gasteiger partial charge >= 0.3 is 0 Å². The Bertz CT molecular complexity index is 1940. The lowest BCUT2D eigenvalue weighted by Crippen LogP contribution is -2.22. The third-order valence-electron chi connectivity index (χ3n) is 6.86. The van der Waals surface area contributed by atoms with Gasteiger partial charge in [-0.05, 0) is 48.9 Å². The third kappa shape index (κ3) is 4.52. The summed E-state index contributed by atoms with van der Waals surface area (Å²) in [5.74, 6) is 0.530. The summed E-state index contributed by atoms with van der Waals surface area (Å²) in [6.45, 7) is 1.85. The molecule has 1 aliphatic rings. The number of benzene rings is 3. The molecule has 3 aromatic carbocycles. The van der Waals surface area contributed by atoms with Crippen LogP contribution in [0.1, 0.15) is 22.7 Å². The number of hydrogen-bond acceptors (Lipinski definition) is 8. The number of rotatable bonds is 6. The molecule has 0 spiro atoms.